The summed E-state index contributed by atoms with van der Waals surface area (Å²) in [6.07, 6.45) is 2.98. The van der Waals surface area contributed by atoms with Crippen molar-refractivity contribution >= 4 is 5.91 Å². The van der Waals surface area contributed by atoms with Crippen LogP contribution < -0.4 is 11.1 Å². The van der Waals surface area contributed by atoms with E-state index < -0.39 is 5.54 Å². The summed E-state index contributed by atoms with van der Waals surface area (Å²) >= 11 is 0. The zero-order valence-corrected chi connectivity index (χ0v) is 7.47. The first-order chi connectivity index (χ1) is 5.62. The maximum Gasteiger partial charge on any atom is 0.240 e. The van der Waals surface area contributed by atoms with E-state index in [2.05, 4.69) is 12.2 Å². The van der Waals surface area contributed by atoms with E-state index in [9.17, 15) is 4.79 Å². The minimum Gasteiger partial charge on any atom is -0.354 e. The van der Waals surface area contributed by atoms with Gasteiger partial charge in [0.25, 0.3) is 0 Å². The molecule has 2 fully saturated rings. The van der Waals surface area contributed by atoms with Crippen LogP contribution in [0.15, 0.2) is 0 Å². The summed E-state index contributed by atoms with van der Waals surface area (Å²) in [6.45, 7) is 3.05. The van der Waals surface area contributed by atoms with Gasteiger partial charge >= 0.3 is 0 Å². The van der Waals surface area contributed by atoms with Gasteiger partial charge in [-0.1, -0.05) is 6.92 Å². The number of carbonyl (C=O) groups is 1. The third-order valence-corrected chi connectivity index (χ3v) is 3.04. The van der Waals surface area contributed by atoms with Gasteiger partial charge in [-0.25, -0.2) is 0 Å². The Bertz CT molecular complexity index is 211. The molecule has 2 rings (SSSR count). The van der Waals surface area contributed by atoms with Crippen LogP contribution in [-0.2, 0) is 4.79 Å². The molecule has 2 aliphatic rings. The minimum atomic E-state index is -0.488. The number of hydrogen-bond acceptors (Lipinski definition) is 2. The van der Waals surface area contributed by atoms with Gasteiger partial charge in [0.05, 0.1) is 5.54 Å². The molecule has 1 amide bonds. The second kappa shape index (κ2) is 2.46. The lowest BCUT2D eigenvalue weighted by Crippen LogP contribution is -2.43. The highest BCUT2D eigenvalue weighted by Crippen LogP contribution is 2.37. The van der Waals surface area contributed by atoms with Crippen molar-refractivity contribution in [3.8, 4) is 0 Å². The number of nitrogens with two attached hydrogens (primary N) is 1. The van der Waals surface area contributed by atoms with Crippen molar-refractivity contribution in [3.05, 3.63) is 0 Å². The molecule has 0 aromatic heterocycles. The van der Waals surface area contributed by atoms with Gasteiger partial charge in [-0.2, -0.15) is 0 Å². The van der Waals surface area contributed by atoms with E-state index in [1.165, 1.54) is 6.42 Å². The Morgan fingerprint density at radius 3 is 2.67 bits per heavy atom. The van der Waals surface area contributed by atoms with E-state index in [4.69, 9.17) is 5.73 Å². The van der Waals surface area contributed by atoms with Gasteiger partial charge in [0.1, 0.15) is 0 Å². The number of hydrogen-bond donors (Lipinski definition) is 2. The molecule has 0 heterocycles. The van der Waals surface area contributed by atoms with Crippen LogP contribution in [0.1, 0.15) is 26.2 Å². The van der Waals surface area contributed by atoms with Crippen LogP contribution in [0.25, 0.3) is 0 Å². The maximum atomic E-state index is 11.3. The molecule has 0 bridgehead atoms. The first-order valence-corrected chi connectivity index (χ1v) is 4.69. The van der Waals surface area contributed by atoms with Crippen molar-refractivity contribution in [2.45, 2.75) is 31.7 Å². The van der Waals surface area contributed by atoms with Crippen LogP contribution in [0.3, 0.4) is 0 Å². The predicted molar refractivity (Wildman–Crippen MR) is 46.4 cm³/mol. The van der Waals surface area contributed by atoms with Crippen LogP contribution in [0.5, 0.6) is 0 Å². The summed E-state index contributed by atoms with van der Waals surface area (Å²) in [5.74, 6) is 1.58. The van der Waals surface area contributed by atoms with E-state index in [0.717, 1.165) is 31.2 Å². The molecule has 0 aliphatic heterocycles. The SMILES string of the molecule is CC1CC1CNC(=O)C1(N)CC1. The van der Waals surface area contributed by atoms with Crippen molar-refractivity contribution in [2.75, 3.05) is 6.54 Å². The van der Waals surface area contributed by atoms with Crippen molar-refractivity contribution < 1.29 is 4.79 Å². The molecule has 2 aliphatic carbocycles. The molecule has 3 N–H and O–H groups in total. The van der Waals surface area contributed by atoms with Gasteiger partial charge in [0.2, 0.25) is 5.91 Å². The standard InChI is InChI=1S/C9H16N2O/c1-6-4-7(6)5-11-8(12)9(10)2-3-9/h6-7H,2-5,10H2,1H3,(H,11,12). The van der Waals surface area contributed by atoms with E-state index >= 15 is 0 Å². The minimum absolute atomic E-state index is 0.0570. The lowest BCUT2D eigenvalue weighted by Gasteiger charge is -2.08. The fourth-order valence-electron chi connectivity index (χ4n) is 1.45. The summed E-state index contributed by atoms with van der Waals surface area (Å²) in [5, 5.41) is 2.91. The van der Waals surface area contributed by atoms with Crippen LogP contribution in [0, 0.1) is 11.8 Å². The highest BCUT2D eigenvalue weighted by molar-refractivity contribution is 5.88. The lowest BCUT2D eigenvalue weighted by atomic mass is 10.2. The maximum absolute atomic E-state index is 11.3. The molecule has 0 aromatic rings. The fraction of sp³-hybridized carbons (Fsp3) is 0.889. The molecular weight excluding hydrogens is 152 g/mol. The molecule has 2 saturated carbocycles. The highest BCUT2D eigenvalue weighted by Gasteiger charge is 2.46. The normalized spacial score (nSPS) is 35.8. The number of carbonyl (C=O) groups excluding carboxylic acids is 1. The molecule has 2 unspecified atom stereocenters. The van der Waals surface area contributed by atoms with Crippen molar-refractivity contribution in [1.29, 1.82) is 0 Å². The van der Waals surface area contributed by atoms with Gasteiger partial charge in [-0.15, -0.1) is 0 Å². The van der Waals surface area contributed by atoms with Crippen LogP contribution in [0.4, 0.5) is 0 Å². The Morgan fingerprint density at radius 1 is 1.67 bits per heavy atom. The molecule has 2 atom stereocenters. The van der Waals surface area contributed by atoms with Gasteiger partial charge in [0, 0.05) is 6.54 Å². The van der Waals surface area contributed by atoms with Crippen molar-refractivity contribution in [1.82, 2.24) is 5.32 Å². The van der Waals surface area contributed by atoms with Gasteiger partial charge < -0.3 is 11.1 Å². The molecule has 0 saturated heterocycles. The third kappa shape index (κ3) is 1.46. The quantitative estimate of drug-likeness (QED) is 0.634. The molecule has 0 radical (unpaired) electrons. The second-order valence-corrected chi connectivity index (χ2v) is 4.34. The van der Waals surface area contributed by atoms with Gasteiger partial charge in [-0.3, -0.25) is 4.79 Å². The zero-order chi connectivity index (χ0) is 8.77. The summed E-state index contributed by atoms with van der Waals surface area (Å²) in [5.41, 5.74) is 5.23. The third-order valence-electron chi connectivity index (χ3n) is 3.04. The number of rotatable bonds is 3. The Hall–Kier alpha value is -0.570. The lowest BCUT2D eigenvalue weighted by molar-refractivity contribution is -0.123. The van der Waals surface area contributed by atoms with Crippen LogP contribution in [0.2, 0.25) is 0 Å². The monoisotopic (exact) mass is 168 g/mol. The fourth-order valence-corrected chi connectivity index (χ4v) is 1.45. The predicted octanol–water partition coefficient (Wildman–Crippen LogP) is 0.250. The van der Waals surface area contributed by atoms with Crippen molar-refractivity contribution in [2.24, 2.45) is 17.6 Å². The largest absolute Gasteiger partial charge is 0.354 e. The Labute approximate surface area is 72.7 Å². The molecule has 68 valence electrons. The Kier molecular flexibility index (Phi) is 1.65. The average Bonchev–Trinajstić information content (AvgIpc) is 2.88. The van der Waals surface area contributed by atoms with Gasteiger partial charge in [0.15, 0.2) is 0 Å². The van der Waals surface area contributed by atoms with E-state index in [1.54, 1.807) is 0 Å². The topological polar surface area (TPSA) is 55.1 Å². The molecular formula is C9H16N2O. The Balaban J connectivity index is 1.70. The summed E-state index contributed by atoms with van der Waals surface area (Å²) in [4.78, 5) is 11.3. The molecule has 0 spiro atoms. The van der Waals surface area contributed by atoms with E-state index in [0.29, 0.717) is 0 Å². The highest BCUT2D eigenvalue weighted by atomic mass is 16.2. The van der Waals surface area contributed by atoms with Gasteiger partial charge in [-0.05, 0) is 31.1 Å². The zero-order valence-electron chi connectivity index (χ0n) is 7.47. The van der Waals surface area contributed by atoms with Crippen molar-refractivity contribution in [3.63, 3.8) is 0 Å². The summed E-state index contributed by atoms with van der Waals surface area (Å²) in [6, 6.07) is 0. The van der Waals surface area contributed by atoms with E-state index in [-0.39, 0.29) is 5.91 Å². The molecule has 3 nitrogen and oxygen atoms in total. The first kappa shape index (κ1) is 8.05. The first-order valence-electron chi connectivity index (χ1n) is 4.69. The molecule has 0 aromatic carbocycles. The molecule has 3 heteroatoms. The summed E-state index contributed by atoms with van der Waals surface area (Å²) in [7, 11) is 0. The average molecular weight is 168 g/mol. The summed E-state index contributed by atoms with van der Waals surface area (Å²) < 4.78 is 0. The van der Waals surface area contributed by atoms with Crippen LogP contribution >= 0.6 is 0 Å². The number of amides is 1. The van der Waals surface area contributed by atoms with Crippen LogP contribution in [-0.4, -0.2) is 18.0 Å². The number of nitrogens with one attached hydrogen (secondary N) is 1. The smallest absolute Gasteiger partial charge is 0.240 e. The molecule has 12 heavy (non-hydrogen) atoms. The Morgan fingerprint density at radius 2 is 2.25 bits per heavy atom. The van der Waals surface area contributed by atoms with E-state index in [1.807, 2.05) is 0 Å². The second-order valence-electron chi connectivity index (χ2n) is 4.34.